The fraction of sp³-hybridized carbons (Fsp3) is 0.600. The Morgan fingerprint density at radius 2 is 2.10 bits per heavy atom. The van der Waals surface area contributed by atoms with Crippen molar-refractivity contribution >= 4 is 33.3 Å². The Kier molecular flexibility index (Phi) is 4.55. The lowest BCUT2D eigenvalue weighted by atomic mass is 10.3. The quantitative estimate of drug-likeness (QED) is 0.804. The van der Waals surface area contributed by atoms with Crippen molar-refractivity contribution < 1.29 is 0 Å². The maximum atomic E-state index is 4.56. The standard InChI is InChI=1S/C15H23N5S/c1-11-10-12-13(18-15(16-2)19-14(12)21-11)17-6-5-9-20-7-3-4-8-20/h10H,3-9H2,1-2H3,(H2,16,17,18,19). The summed E-state index contributed by atoms with van der Waals surface area (Å²) in [6.45, 7) is 6.79. The second-order valence-corrected chi connectivity index (χ2v) is 6.79. The van der Waals surface area contributed by atoms with Crippen molar-refractivity contribution in [2.75, 3.05) is 43.9 Å². The van der Waals surface area contributed by atoms with Gasteiger partial charge in [0.15, 0.2) is 0 Å². The van der Waals surface area contributed by atoms with Gasteiger partial charge in [-0.25, -0.2) is 4.98 Å². The van der Waals surface area contributed by atoms with Gasteiger partial charge in [0.05, 0.1) is 5.39 Å². The van der Waals surface area contributed by atoms with Crippen molar-refractivity contribution in [3.8, 4) is 0 Å². The molecular weight excluding hydrogens is 282 g/mol. The lowest BCUT2D eigenvalue weighted by molar-refractivity contribution is 0.337. The number of anilines is 2. The highest BCUT2D eigenvalue weighted by molar-refractivity contribution is 7.18. The Balaban J connectivity index is 1.64. The molecule has 0 bridgehead atoms. The number of aromatic nitrogens is 2. The van der Waals surface area contributed by atoms with E-state index in [9.17, 15) is 0 Å². The number of thiophene rings is 1. The van der Waals surface area contributed by atoms with Gasteiger partial charge in [-0.3, -0.25) is 0 Å². The van der Waals surface area contributed by atoms with Crippen LogP contribution in [0, 0.1) is 6.92 Å². The first-order valence-corrected chi connectivity index (χ1v) is 8.50. The number of hydrogen-bond donors (Lipinski definition) is 2. The summed E-state index contributed by atoms with van der Waals surface area (Å²) in [4.78, 5) is 13.9. The molecule has 0 aliphatic carbocycles. The zero-order valence-corrected chi connectivity index (χ0v) is 13.6. The highest BCUT2D eigenvalue weighted by Gasteiger charge is 2.12. The van der Waals surface area contributed by atoms with E-state index in [4.69, 9.17) is 0 Å². The predicted molar refractivity (Wildman–Crippen MR) is 90.5 cm³/mol. The largest absolute Gasteiger partial charge is 0.369 e. The lowest BCUT2D eigenvalue weighted by Gasteiger charge is -2.14. The first kappa shape index (κ1) is 14.5. The molecule has 1 saturated heterocycles. The molecular formula is C15H23N5S. The summed E-state index contributed by atoms with van der Waals surface area (Å²) in [5.74, 6) is 1.64. The van der Waals surface area contributed by atoms with E-state index in [1.54, 1.807) is 11.3 Å². The number of aryl methyl sites for hydroxylation is 1. The summed E-state index contributed by atoms with van der Waals surface area (Å²) in [5, 5.41) is 7.67. The van der Waals surface area contributed by atoms with E-state index in [-0.39, 0.29) is 0 Å². The highest BCUT2D eigenvalue weighted by atomic mass is 32.1. The van der Waals surface area contributed by atoms with Crippen LogP contribution < -0.4 is 10.6 Å². The average molecular weight is 305 g/mol. The third-order valence-electron chi connectivity index (χ3n) is 3.88. The molecule has 2 aromatic heterocycles. The molecule has 114 valence electrons. The SMILES string of the molecule is CNc1nc(NCCCN2CCCC2)c2cc(C)sc2n1. The molecule has 6 heteroatoms. The third-order valence-corrected chi connectivity index (χ3v) is 4.83. The van der Waals surface area contributed by atoms with Gasteiger partial charge in [-0.1, -0.05) is 0 Å². The number of nitrogens with one attached hydrogen (secondary N) is 2. The van der Waals surface area contributed by atoms with E-state index in [2.05, 4.69) is 38.5 Å². The third kappa shape index (κ3) is 3.44. The Bertz CT molecular complexity index is 603. The molecule has 2 N–H and O–H groups in total. The van der Waals surface area contributed by atoms with E-state index in [1.165, 1.54) is 37.4 Å². The maximum absolute atomic E-state index is 4.56. The fourth-order valence-electron chi connectivity index (χ4n) is 2.80. The summed E-state index contributed by atoms with van der Waals surface area (Å²) in [5.41, 5.74) is 0. The van der Waals surface area contributed by atoms with E-state index >= 15 is 0 Å². The minimum Gasteiger partial charge on any atom is -0.369 e. The first-order valence-electron chi connectivity index (χ1n) is 7.68. The second kappa shape index (κ2) is 6.58. The van der Waals surface area contributed by atoms with E-state index < -0.39 is 0 Å². The van der Waals surface area contributed by atoms with Crippen LogP contribution in [0.25, 0.3) is 10.2 Å². The van der Waals surface area contributed by atoms with Gasteiger partial charge >= 0.3 is 0 Å². The van der Waals surface area contributed by atoms with Crippen molar-refractivity contribution in [3.63, 3.8) is 0 Å². The van der Waals surface area contributed by atoms with Gasteiger partial charge in [-0.05, 0) is 51.9 Å². The monoisotopic (exact) mass is 305 g/mol. The molecule has 21 heavy (non-hydrogen) atoms. The zero-order valence-electron chi connectivity index (χ0n) is 12.8. The Labute approximate surface area is 129 Å². The molecule has 0 radical (unpaired) electrons. The summed E-state index contributed by atoms with van der Waals surface area (Å²) in [6.07, 6.45) is 3.88. The van der Waals surface area contributed by atoms with Crippen LogP contribution in [0.2, 0.25) is 0 Å². The number of fused-ring (bicyclic) bond motifs is 1. The van der Waals surface area contributed by atoms with Gasteiger partial charge in [0, 0.05) is 18.5 Å². The molecule has 0 atom stereocenters. The number of likely N-dealkylation sites (tertiary alicyclic amines) is 1. The molecule has 5 nitrogen and oxygen atoms in total. The molecule has 2 aromatic rings. The molecule has 3 heterocycles. The van der Waals surface area contributed by atoms with Crippen LogP contribution in [-0.4, -0.2) is 48.1 Å². The number of rotatable bonds is 6. The van der Waals surface area contributed by atoms with E-state index in [1.807, 2.05) is 7.05 Å². The van der Waals surface area contributed by atoms with E-state index in [0.717, 1.165) is 29.0 Å². The fourth-order valence-corrected chi connectivity index (χ4v) is 3.68. The van der Waals surface area contributed by atoms with Crippen molar-refractivity contribution in [1.82, 2.24) is 14.9 Å². The van der Waals surface area contributed by atoms with Crippen LogP contribution in [0.1, 0.15) is 24.1 Å². The smallest absolute Gasteiger partial charge is 0.225 e. The summed E-state index contributed by atoms with van der Waals surface area (Å²) in [7, 11) is 1.86. The minimum atomic E-state index is 0.686. The minimum absolute atomic E-state index is 0.686. The Morgan fingerprint density at radius 1 is 1.29 bits per heavy atom. The molecule has 1 aliphatic rings. The zero-order chi connectivity index (χ0) is 14.7. The second-order valence-electron chi connectivity index (χ2n) is 5.55. The van der Waals surface area contributed by atoms with Crippen LogP contribution in [0.5, 0.6) is 0 Å². The van der Waals surface area contributed by atoms with Gasteiger partial charge in [0.2, 0.25) is 5.95 Å². The van der Waals surface area contributed by atoms with Gasteiger partial charge in [0.1, 0.15) is 10.6 Å². The molecule has 0 saturated carbocycles. The Morgan fingerprint density at radius 3 is 2.86 bits per heavy atom. The molecule has 0 spiro atoms. The van der Waals surface area contributed by atoms with E-state index in [0.29, 0.717) is 5.95 Å². The average Bonchev–Trinajstić information content (AvgIpc) is 3.11. The first-order chi connectivity index (χ1) is 10.3. The van der Waals surface area contributed by atoms with Crippen molar-refractivity contribution in [2.24, 2.45) is 0 Å². The van der Waals surface area contributed by atoms with Gasteiger partial charge < -0.3 is 15.5 Å². The predicted octanol–water partition coefficient (Wildman–Crippen LogP) is 2.94. The van der Waals surface area contributed by atoms with Crippen LogP contribution in [0.3, 0.4) is 0 Å². The summed E-state index contributed by atoms with van der Waals surface area (Å²) in [6, 6.07) is 2.17. The topological polar surface area (TPSA) is 53.1 Å². The van der Waals surface area contributed by atoms with Crippen LogP contribution in [-0.2, 0) is 0 Å². The van der Waals surface area contributed by atoms with Crippen LogP contribution in [0.15, 0.2) is 6.07 Å². The van der Waals surface area contributed by atoms with Gasteiger partial charge in [-0.2, -0.15) is 4.98 Å². The normalized spacial score (nSPS) is 15.7. The highest BCUT2D eigenvalue weighted by Crippen LogP contribution is 2.29. The molecule has 1 aliphatic heterocycles. The van der Waals surface area contributed by atoms with Crippen LogP contribution in [0.4, 0.5) is 11.8 Å². The summed E-state index contributed by atoms with van der Waals surface area (Å²) < 4.78 is 0. The van der Waals surface area contributed by atoms with Crippen molar-refractivity contribution in [1.29, 1.82) is 0 Å². The molecule has 0 aromatic carbocycles. The molecule has 3 rings (SSSR count). The maximum Gasteiger partial charge on any atom is 0.225 e. The Hall–Kier alpha value is -1.40. The number of nitrogens with zero attached hydrogens (tertiary/aromatic N) is 3. The van der Waals surface area contributed by atoms with Crippen molar-refractivity contribution in [2.45, 2.75) is 26.2 Å². The summed E-state index contributed by atoms with van der Waals surface area (Å²) >= 11 is 1.72. The number of hydrogen-bond acceptors (Lipinski definition) is 6. The molecule has 0 amide bonds. The molecule has 1 fully saturated rings. The van der Waals surface area contributed by atoms with Crippen LogP contribution >= 0.6 is 11.3 Å². The molecule has 0 unspecified atom stereocenters. The van der Waals surface area contributed by atoms with Crippen molar-refractivity contribution in [3.05, 3.63) is 10.9 Å². The lowest BCUT2D eigenvalue weighted by Crippen LogP contribution is -2.22. The van der Waals surface area contributed by atoms with Gasteiger partial charge in [-0.15, -0.1) is 11.3 Å². The van der Waals surface area contributed by atoms with Gasteiger partial charge in [0.25, 0.3) is 0 Å².